The Labute approximate surface area is 73.4 Å². The van der Waals surface area contributed by atoms with E-state index in [-0.39, 0.29) is 0 Å². The fourth-order valence-electron chi connectivity index (χ4n) is 0.763. The molecule has 0 fully saturated rings. The topological polar surface area (TPSA) is 54.5 Å². The number of hydrogen-bond acceptors (Lipinski definition) is 4. The lowest BCUT2D eigenvalue weighted by molar-refractivity contribution is 0.972. The zero-order valence-corrected chi connectivity index (χ0v) is 6.95. The van der Waals surface area contributed by atoms with Crippen molar-refractivity contribution in [3.05, 3.63) is 30.9 Å². The Hall–Kier alpha value is -1.36. The van der Waals surface area contributed by atoms with Gasteiger partial charge in [0.05, 0.1) is 0 Å². The van der Waals surface area contributed by atoms with E-state index in [9.17, 15) is 0 Å². The summed E-state index contributed by atoms with van der Waals surface area (Å²) in [5, 5.41) is 7.28. The second-order valence-corrected chi connectivity index (χ2v) is 3.14. The first-order chi connectivity index (χ1) is 5.95. The Kier molecular flexibility index (Phi) is 2.04. The van der Waals surface area contributed by atoms with E-state index < -0.39 is 0 Å². The maximum atomic E-state index is 3.98. The molecule has 2 rings (SSSR count). The zero-order valence-electron chi connectivity index (χ0n) is 6.14. The first kappa shape index (κ1) is 7.30. The molecule has 0 unspecified atom stereocenters. The standard InChI is InChI=1S/C7H6N4S/c1-2-6(4-8-3-1)12-7-9-5-10-11-7/h1-5H,(H,9,10,11). The van der Waals surface area contributed by atoms with Gasteiger partial charge in [0.2, 0.25) is 0 Å². The van der Waals surface area contributed by atoms with Gasteiger partial charge in [0.1, 0.15) is 6.33 Å². The number of hydrogen-bond donors (Lipinski definition) is 1. The van der Waals surface area contributed by atoms with Crippen LogP contribution in [0.3, 0.4) is 0 Å². The highest BCUT2D eigenvalue weighted by Gasteiger charge is 1.97. The quantitative estimate of drug-likeness (QED) is 0.754. The Morgan fingerprint density at radius 1 is 1.42 bits per heavy atom. The zero-order chi connectivity index (χ0) is 8.23. The van der Waals surface area contributed by atoms with Crippen molar-refractivity contribution < 1.29 is 0 Å². The second kappa shape index (κ2) is 3.36. The van der Waals surface area contributed by atoms with Crippen LogP contribution in [0.5, 0.6) is 0 Å². The third-order valence-corrected chi connectivity index (χ3v) is 2.11. The molecule has 0 saturated carbocycles. The van der Waals surface area contributed by atoms with Gasteiger partial charge in [-0.3, -0.25) is 10.1 Å². The highest BCUT2D eigenvalue weighted by atomic mass is 32.2. The van der Waals surface area contributed by atoms with Crippen LogP contribution in [0, 0.1) is 0 Å². The van der Waals surface area contributed by atoms with E-state index in [0.29, 0.717) is 0 Å². The second-order valence-electron chi connectivity index (χ2n) is 2.08. The summed E-state index contributed by atoms with van der Waals surface area (Å²) in [6.07, 6.45) is 5.01. The maximum absolute atomic E-state index is 3.98. The molecule has 0 spiro atoms. The van der Waals surface area contributed by atoms with Crippen molar-refractivity contribution >= 4 is 11.8 Å². The molecular weight excluding hydrogens is 172 g/mol. The SMILES string of the molecule is c1cncc(Sc2ncn[nH]2)c1. The van der Waals surface area contributed by atoms with E-state index in [2.05, 4.69) is 20.2 Å². The van der Waals surface area contributed by atoms with Crippen LogP contribution in [0.15, 0.2) is 40.9 Å². The summed E-state index contributed by atoms with van der Waals surface area (Å²) in [5.41, 5.74) is 0. The van der Waals surface area contributed by atoms with Crippen LogP contribution in [0.1, 0.15) is 0 Å². The minimum absolute atomic E-state index is 0.781. The Morgan fingerprint density at radius 3 is 3.08 bits per heavy atom. The fraction of sp³-hybridized carbons (Fsp3) is 0. The van der Waals surface area contributed by atoms with Gasteiger partial charge < -0.3 is 0 Å². The van der Waals surface area contributed by atoms with Crippen molar-refractivity contribution in [1.82, 2.24) is 20.2 Å². The molecular formula is C7H6N4S. The number of nitrogens with zero attached hydrogens (tertiary/aromatic N) is 3. The van der Waals surface area contributed by atoms with Gasteiger partial charge in [0.15, 0.2) is 5.16 Å². The molecule has 0 bridgehead atoms. The van der Waals surface area contributed by atoms with Crippen molar-refractivity contribution in [3.8, 4) is 0 Å². The Morgan fingerprint density at radius 2 is 2.42 bits per heavy atom. The Balaban J connectivity index is 2.15. The smallest absolute Gasteiger partial charge is 0.188 e. The summed E-state index contributed by atoms with van der Waals surface area (Å²) in [4.78, 5) is 9.01. The van der Waals surface area contributed by atoms with Gasteiger partial charge in [-0.25, -0.2) is 4.98 Å². The van der Waals surface area contributed by atoms with Crippen molar-refractivity contribution in [2.24, 2.45) is 0 Å². The molecule has 0 saturated heterocycles. The predicted molar refractivity (Wildman–Crippen MR) is 44.7 cm³/mol. The van der Waals surface area contributed by atoms with Gasteiger partial charge in [-0.05, 0) is 23.9 Å². The molecule has 5 heteroatoms. The van der Waals surface area contributed by atoms with Crippen LogP contribution in [0.25, 0.3) is 0 Å². The van der Waals surface area contributed by atoms with Crippen LogP contribution < -0.4 is 0 Å². The number of aromatic nitrogens is 4. The summed E-state index contributed by atoms with van der Waals surface area (Å²) in [6, 6.07) is 3.86. The van der Waals surface area contributed by atoms with E-state index in [1.54, 1.807) is 12.4 Å². The number of rotatable bonds is 2. The molecule has 12 heavy (non-hydrogen) atoms. The predicted octanol–water partition coefficient (Wildman–Crippen LogP) is 1.35. The number of aromatic amines is 1. The summed E-state index contributed by atoms with van der Waals surface area (Å²) < 4.78 is 0. The number of H-pyrrole nitrogens is 1. The van der Waals surface area contributed by atoms with E-state index in [4.69, 9.17) is 0 Å². The minimum Gasteiger partial charge on any atom is -0.264 e. The van der Waals surface area contributed by atoms with Crippen LogP contribution in [0.2, 0.25) is 0 Å². The van der Waals surface area contributed by atoms with E-state index >= 15 is 0 Å². The average molecular weight is 178 g/mol. The lowest BCUT2D eigenvalue weighted by Gasteiger charge is -1.93. The number of nitrogens with one attached hydrogen (secondary N) is 1. The van der Waals surface area contributed by atoms with Crippen LogP contribution in [-0.2, 0) is 0 Å². The minimum atomic E-state index is 0.781. The lowest BCUT2D eigenvalue weighted by atomic mass is 10.5. The van der Waals surface area contributed by atoms with Crippen molar-refractivity contribution in [1.29, 1.82) is 0 Å². The largest absolute Gasteiger partial charge is 0.264 e. The summed E-state index contributed by atoms with van der Waals surface area (Å²) in [6.45, 7) is 0. The molecule has 2 aromatic rings. The molecule has 60 valence electrons. The van der Waals surface area contributed by atoms with Crippen LogP contribution in [-0.4, -0.2) is 20.2 Å². The molecule has 0 aliphatic rings. The molecule has 0 aliphatic heterocycles. The van der Waals surface area contributed by atoms with Crippen molar-refractivity contribution in [2.75, 3.05) is 0 Å². The monoisotopic (exact) mass is 178 g/mol. The van der Waals surface area contributed by atoms with Gasteiger partial charge in [0, 0.05) is 17.3 Å². The van der Waals surface area contributed by atoms with Crippen LogP contribution >= 0.6 is 11.8 Å². The maximum Gasteiger partial charge on any atom is 0.188 e. The lowest BCUT2D eigenvalue weighted by Crippen LogP contribution is -1.76. The van der Waals surface area contributed by atoms with Gasteiger partial charge in [-0.2, -0.15) is 5.10 Å². The molecule has 0 atom stereocenters. The molecule has 4 nitrogen and oxygen atoms in total. The highest BCUT2D eigenvalue weighted by molar-refractivity contribution is 7.99. The van der Waals surface area contributed by atoms with Gasteiger partial charge in [-0.1, -0.05) is 0 Å². The first-order valence-corrected chi connectivity index (χ1v) is 4.20. The van der Waals surface area contributed by atoms with E-state index in [0.717, 1.165) is 10.1 Å². The normalized spacial score (nSPS) is 10.0. The molecule has 0 radical (unpaired) electrons. The van der Waals surface area contributed by atoms with Gasteiger partial charge in [0.25, 0.3) is 0 Å². The third kappa shape index (κ3) is 1.62. The molecule has 0 amide bonds. The van der Waals surface area contributed by atoms with Crippen molar-refractivity contribution in [2.45, 2.75) is 10.1 Å². The molecule has 0 aliphatic carbocycles. The molecule has 1 N–H and O–H groups in total. The van der Waals surface area contributed by atoms with Gasteiger partial charge in [-0.15, -0.1) is 0 Å². The average Bonchev–Trinajstić information content (AvgIpc) is 2.59. The summed E-state index contributed by atoms with van der Waals surface area (Å²) in [7, 11) is 0. The van der Waals surface area contributed by atoms with Crippen molar-refractivity contribution in [3.63, 3.8) is 0 Å². The molecule has 2 heterocycles. The fourth-order valence-corrected chi connectivity index (χ4v) is 1.44. The Bertz CT molecular complexity index is 332. The van der Waals surface area contributed by atoms with Gasteiger partial charge >= 0.3 is 0 Å². The first-order valence-electron chi connectivity index (χ1n) is 3.38. The molecule has 0 aromatic carbocycles. The molecule has 2 aromatic heterocycles. The highest BCUT2D eigenvalue weighted by Crippen LogP contribution is 2.21. The van der Waals surface area contributed by atoms with E-state index in [1.807, 2.05) is 12.1 Å². The summed E-state index contributed by atoms with van der Waals surface area (Å²) in [5.74, 6) is 0. The summed E-state index contributed by atoms with van der Waals surface area (Å²) >= 11 is 1.50. The van der Waals surface area contributed by atoms with Crippen LogP contribution in [0.4, 0.5) is 0 Å². The third-order valence-electron chi connectivity index (χ3n) is 1.24. The number of pyridine rings is 1. The van der Waals surface area contributed by atoms with E-state index in [1.165, 1.54) is 18.1 Å².